The van der Waals surface area contributed by atoms with Crippen LogP contribution in [0.1, 0.15) is 12.0 Å². The van der Waals surface area contributed by atoms with Gasteiger partial charge in [0.1, 0.15) is 0 Å². The topological polar surface area (TPSA) is 35.5 Å². The van der Waals surface area contributed by atoms with Crippen molar-refractivity contribution in [2.45, 2.75) is 18.9 Å². The molecule has 0 fully saturated rings. The molecule has 0 saturated heterocycles. The zero-order valence-corrected chi connectivity index (χ0v) is 9.10. The van der Waals surface area contributed by atoms with Gasteiger partial charge in [0.15, 0.2) is 6.10 Å². The molecule has 0 N–H and O–H groups in total. The lowest BCUT2D eigenvalue weighted by atomic mass is 10.1. The third-order valence-electron chi connectivity index (χ3n) is 2.29. The predicted octanol–water partition coefficient (Wildman–Crippen LogP) is 1.81. The number of hydrogen-bond donors (Lipinski definition) is 0. The Morgan fingerprint density at radius 2 is 1.93 bits per heavy atom. The van der Waals surface area contributed by atoms with Gasteiger partial charge in [-0.3, -0.25) is 0 Å². The van der Waals surface area contributed by atoms with Crippen molar-refractivity contribution in [3.05, 3.63) is 35.9 Å². The van der Waals surface area contributed by atoms with Gasteiger partial charge in [0, 0.05) is 7.11 Å². The number of rotatable bonds is 5. The summed E-state index contributed by atoms with van der Waals surface area (Å²) in [5.74, 6) is -0.312. The molecule has 1 unspecified atom stereocenters. The van der Waals surface area contributed by atoms with Crippen molar-refractivity contribution in [2.75, 3.05) is 14.2 Å². The molecule has 15 heavy (non-hydrogen) atoms. The van der Waals surface area contributed by atoms with Gasteiger partial charge in [0.25, 0.3) is 0 Å². The molecular weight excluding hydrogens is 192 g/mol. The summed E-state index contributed by atoms with van der Waals surface area (Å²) < 4.78 is 9.68. The summed E-state index contributed by atoms with van der Waals surface area (Å²) >= 11 is 0. The molecule has 0 spiro atoms. The Morgan fingerprint density at radius 3 is 2.47 bits per heavy atom. The van der Waals surface area contributed by atoms with Crippen LogP contribution in [0.5, 0.6) is 0 Å². The molecule has 1 aromatic carbocycles. The standard InChI is InChI=1S/C12H16O3/c1-14-11(12(13)15-2)9-8-10-6-4-3-5-7-10/h3-7,11H,8-9H2,1-2H3. The number of hydrogen-bond acceptors (Lipinski definition) is 3. The van der Waals surface area contributed by atoms with Crippen molar-refractivity contribution in [3.8, 4) is 0 Å². The van der Waals surface area contributed by atoms with Crippen LogP contribution >= 0.6 is 0 Å². The summed E-state index contributed by atoms with van der Waals surface area (Å²) in [7, 11) is 2.89. The molecule has 0 aliphatic heterocycles. The van der Waals surface area contributed by atoms with Gasteiger partial charge >= 0.3 is 5.97 Å². The third kappa shape index (κ3) is 3.72. The maximum absolute atomic E-state index is 11.2. The van der Waals surface area contributed by atoms with E-state index in [0.717, 1.165) is 6.42 Å². The minimum Gasteiger partial charge on any atom is -0.467 e. The first-order chi connectivity index (χ1) is 7.27. The van der Waals surface area contributed by atoms with Gasteiger partial charge in [-0.15, -0.1) is 0 Å². The van der Waals surface area contributed by atoms with Gasteiger partial charge < -0.3 is 9.47 Å². The van der Waals surface area contributed by atoms with Crippen LogP contribution in [0, 0.1) is 0 Å². The van der Waals surface area contributed by atoms with E-state index in [1.807, 2.05) is 30.3 Å². The second-order valence-electron chi connectivity index (χ2n) is 3.27. The average Bonchev–Trinajstić information content (AvgIpc) is 2.31. The molecule has 0 aliphatic carbocycles. The molecular formula is C12H16O3. The van der Waals surface area contributed by atoms with Gasteiger partial charge in [0.2, 0.25) is 0 Å². The first-order valence-electron chi connectivity index (χ1n) is 4.92. The van der Waals surface area contributed by atoms with Gasteiger partial charge in [-0.1, -0.05) is 30.3 Å². The maximum Gasteiger partial charge on any atom is 0.334 e. The van der Waals surface area contributed by atoms with Crippen molar-refractivity contribution in [3.63, 3.8) is 0 Å². The van der Waals surface area contributed by atoms with Crippen LogP contribution in [0.4, 0.5) is 0 Å². The Kier molecular flexibility index (Phi) is 4.84. The van der Waals surface area contributed by atoms with Crippen LogP contribution in [0.25, 0.3) is 0 Å². The normalized spacial score (nSPS) is 12.1. The van der Waals surface area contributed by atoms with Crippen LogP contribution in [0.3, 0.4) is 0 Å². The van der Waals surface area contributed by atoms with E-state index in [-0.39, 0.29) is 5.97 Å². The Bertz CT molecular complexity index is 295. The van der Waals surface area contributed by atoms with E-state index in [1.54, 1.807) is 0 Å². The van der Waals surface area contributed by atoms with Gasteiger partial charge in [-0.2, -0.15) is 0 Å². The van der Waals surface area contributed by atoms with E-state index in [0.29, 0.717) is 6.42 Å². The number of esters is 1. The lowest BCUT2D eigenvalue weighted by Gasteiger charge is -2.12. The van der Waals surface area contributed by atoms with Crippen molar-refractivity contribution in [1.82, 2.24) is 0 Å². The van der Waals surface area contributed by atoms with Gasteiger partial charge in [-0.25, -0.2) is 4.79 Å². The van der Waals surface area contributed by atoms with E-state index < -0.39 is 6.10 Å². The van der Waals surface area contributed by atoms with Crippen molar-refractivity contribution >= 4 is 5.97 Å². The highest BCUT2D eigenvalue weighted by atomic mass is 16.6. The van der Waals surface area contributed by atoms with Crippen LogP contribution in [0.15, 0.2) is 30.3 Å². The molecule has 3 nitrogen and oxygen atoms in total. The largest absolute Gasteiger partial charge is 0.467 e. The van der Waals surface area contributed by atoms with Crippen LogP contribution in [0.2, 0.25) is 0 Å². The van der Waals surface area contributed by atoms with Crippen molar-refractivity contribution in [1.29, 1.82) is 0 Å². The summed E-state index contributed by atoms with van der Waals surface area (Å²) in [6.07, 6.45) is 0.997. The predicted molar refractivity (Wildman–Crippen MR) is 57.6 cm³/mol. The molecule has 0 bridgehead atoms. The van der Waals surface area contributed by atoms with Gasteiger partial charge in [0.05, 0.1) is 7.11 Å². The third-order valence-corrected chi connectivity index (χ3v) is 2.29. The second-order valence-corrected chi connectivity index (χ2v) is 3.27. The Morgan fingerprint density at radius 1 is 1.27 bits per heavy atom. The molecule has 0 aliphatic rings. The molecule has 0 radical (unpaired) electrons. The highest BCUT2D eigenvalue weighted by Crippen LogP contribution is 2.07. The minimum atomic E-state index is -0.463. The second kappa shape index (κ2) is 6.19. The molecule has 1 atom stereocenters. The maximum atomic E-state index is 11.2. The average molecular weight is 208 g/mol. The summed E-state index contributed by atoms with van der Waals surface area (Å²) in [5, 5.41) is 0. The van der Waals surface area contributed by atoms with Gasteiger partial charge in [-0.05, 0) is 18.4 Å². The van der Waals surface area contributed by atoms with Crippen LogP contribution in [-0.4, -0.2) is 26.3 Å². The number of benzene rings is 1. The number of aryl methyl sites for hydroxylation is 1. The van der Waals surface area contributed by atoms with Crippen molar-refractivity contribution < 1.29 is 14.3 Å². The minimum absolute atomic E-state index is 0.312. The first kappa shape index (κ1) is 11.7. The number of carbonyl (C=O) groups is 1. The first-order valence-corrected chi connectivity index (χ1v) is 4.92. The number of methoxy groups -OCH3 is 2. The smallest absolute Gasteiger partial charge is 0.334 e. The Labute approximate surface area is 90.0 Å². The lowest BCUT2D eigenvalue weighted by Crippen LogP contribution is -2.24. The lowest BCUT2D eigenvalue weighted by molar-refractivity contribution is -0.152. The Hall–Kier alpha value is -1.35. The number of ether oxygens (including phenoxy) is 2. The number of carbonyl (C=O) groups excluding carboxylic acids is 1. The molecule has 1 rings (SSSR count). The Balaban J connectivity index is 2.44. The van der Waals surface area contributed by atoms with E-state index >= 15 is 0 Å². The molecule has 0 aromatic heterocycles. The molecule has 1 aromatic rings. The summed E-state index contributed by atoms with van der Waals surface area (Å²) in [4.78, 5) is 11.2. The quantitative estimate of drug-likeness (QED) is 0.692. The molecule has 0 heterocycles. The zero-order chi connectivity index (χ0) is 11.1. The summed E-state index contributed by atoms with van der Waals surface area (Å²) in [5.41, 5.74) is 1.20. The fraction of sp³-hybridized carbons (Fsp3) is 0.417. The zero-order valence-electron chi connectivity index (χ0n) is 9.10. The molecule has 82 valence electrons. The summed E-state index contributed by atoms with van der Waals surface area (Å²) in [6, 6.07) is 10.00. The van der Waals surface area contributed by atoms with Crippen LogP contribution in [-0.2, 0) is 20.7 Å². The summed E-state index contributed by atoms with van der Waals surface area (Å²) in [6.45, 7) is 0. The molecule has 0 amide bonds. The highest BCUT2D eigenvalue weighted by Gasteiger charge is 2.17. The van der Waals surface area contributed by atoms with E-state index in [4.69, 9.17) is 4.74 Å². The fourth-order valence-electron chi connectivity index (χ4n) is 1.41. The van der Waals surface area contributed by atoms with E-state index in [2.05, 4.69) is 4.74 Å². The molecule has 0 saturated carbocycles. The fourth-order valence-corrected chi connectivity index (χ4v) is 1.41. The SMILES string of the molecule is COC(=O)C(CCc1ccccc1)OC. The monoisotopic (exact) mass is 208 g/mol. The van der Waals surface area contributed by atoms with E-state index in [9.17, 15) is 4.79 Å². The van der Waals surface area contributed by atoms with E-state index in [1.165, 1.54) is 19.8 Å². The highest BCUT2D eigenvalue weighted by molar-refractivity contribution is 5.74. The molecule has 3 heteroatoms. The van der Waals surface area contributed by atoms with Crippen molar-refractivity contribution in [2.24, 2.45) is 0 Å². The van der Waals surface area contributed by atoms with Crippen LogP contribution < -0.4 is 0 Å².